The number of rotatable bonds is 13. The molecule has 1 saturated carbocycles. The van der Waals surface area contributed by atoms with Crippen LogP contribution in [0.3, 0.4) is 0 Å². The van der Waals surface area contributed by atoms with Gasteiger partial charge in [-0.25, -0.2) is 0 Å². The molecule has 0 spiro atoms. The summed E-state index contributed by atoms with van der Waals surface area (Å²) in [6.07, 6.45) is 11.9. The third-order valence-corrected chi connectivity index (χ3v) is 11.7. The molecule has 53 heavy (non-hydrogen) atoms. The van der Waals surface area contributed by atoms with Crippen LogP contribution in [0.2, 0.25) is 0 Å². The van der Waals surface area contributed by atoms with Crippen molar-refractivity contribution >= 4 is 27.5 Å². The number of carbonyl (C=O) groups is 1. The number of likely N-dealkylation sites (tertiary alicyclic amines) is 2. The normalized spacial score (nSPS) is 21.2. The summed E-state index contributed by atoms with van der Waals surface area (Å²) >= 11 is 0. The van der Waals surface area contributed by atoms with E-state index in [1.54, 1.807) is 6.07 Å². The van der Waals surface area contributed by atoms with Gasteiger partial charge >= 0.3 is 5.97 Å². The Bertz CT molecular complexity index is 1860. The van der Waals surface area contributed by atoms with Gasteiger partial charge in [-0.3, -0.25) is 14.6 Å². The molecule has 0 bridgehead atoms. The van der Waals surface area contributed by atoms with Crippen molar-refractivity contribution in [2.75, 3.05) is 39.4 Å². The second-order valence-corrected chi connectivity index (χ2v) is 15.8. The van der Waals surface area contributed by atoms with Crippen molar-refractivity contribution in [3.05, 3.63) is 95.8 Å². The lowest BCUT2D eigenvalue weighted by atomic mass is 9.89. The van der Waals surface area contributed by atoms with Crippen LogP contribution < -0.4 is 4.74 Å². The molecule has 1 N–H and O–H groups in total. The minimum atomic E-state index is -0.0544. The maximum absolute atomic E-state index is 13.0. The molecular formula is C46H58N2O5. The van der Waals surface area contributed by atoms with Crippen molar-refractivity contribution in [1.82, 2.24) is 9.80 Å². The number of hydrogen-bond donors (Lipinski definition) is 1. The van der Waals surface area contributed by atoms with Crippen LogP contribution in [-0.4, -0.2) is 66.4 Å². The van der Waals surface area contributed by atoms with Gasteiger partial charge in [0.2, 0.25) is 0 Å². The van der Waals surface area contributed by atoms with E-state index >= 15 is 0 Å². The van der Waals surface area contributed by atoms with Crippen molar-refractivity contribution in [1.29, 1.82) is 0 Å². The fraction of sp³-hybridized carbons (Fsp3) is 0.500. The Morgan fingerprint density at radius 2 is 1.34 bits per heavy atom. The maximum Gasteiger partial charge on any atom is 0.309 e. The first-order valence-electron chi connectivity index (χ1n) is 20.2. The van der Waals surface area contributed by atoms with E-state index in [9.17, 15) is 9.90 Å². The lowest BCUT2D eigenvalue weighted by Gasteiger charge is -2.33. The molecule has 2 unspecified atom stereocenters. The Kier molecular flexibility index (Phi) is 12.5. The highest BCUT2D eigenvalue weighted by atomic mass is 16.5. The van der Waals surface area contributed by atoms with Gasteiger partial charge in [-0.2, -0.15) is 0 Å². The molecule has 282 valence electrons. The average molecular weight is 719 g/mol. The molecule has 7 heteroatoms. The fourth-order valence-electron chi connectivity index (χ4n) is 8.71. The summed E-state index contributed by atoms with van der Waals surface area (Å²) in [5.41, 5.74) is 2.60. The first-order chi connectivity index (χ1) is 25.9. The zero-order valence-electron chi connectivity index (χ0n) is 31.8. The standard InChI is InChI=1S/C46H58N2O5/c1-3-51-45(36-17-21-47(22-18-36)31-34-9-11-40-29-42(49)15-13-38(40)27-34)8-5-25-52-46(50)37-19-23-48(24-20-37)32-35-10-12-41-30-44(16-14-39(41)28-35)53-43-7-4-6-33(2)26-43/h8-16,27-30,33,36-37,43,49H,3-7,17-26,31-32H2,1-2H3/b45-8-. The average Bonchev–Trinajstić information content (AvgIpc) is 3.17. The van der Waals surface area contributed by atoms with E-state index < -0.39 is 0 Å². The van der Waals surface area contributed by atoms with E-state index in [0.717, 1.165) is 106 Å². The third kappa shape index (κ3) is 10.1. The summed E-state index contributed by atoms with van der Waals surface area (Å²) < 4.78 is 18.3. The van der Waals surface area contributed by atoms with Crippen LogP contribution >= 0.6 is 0 Å². The molecule has 2 saturated heterocycles. The van der Waals surface area contributed by atoms with Gasteiger partial charge < -0.3 is 19.3 Å². The summed E-state index contributed by atoms with van der Waals surface area (Å²) in [5, 5.41) is 14.5. The molecule has 4 aromatic rings. The van der Waals surface area contributed by atoms with Crippen LogP contribution in [0.4, 0.5) is 0 Å². The van der Waals surface area contributed by atoms with Gasteiger partial charge in [0, 0.05) is 25.4 Å². The van der Waals surface area contributed by atoms with Crippen molar-refractivity contribution in [3.8, 4) is 11.5 Å². The lowest BCUT2D eigenvalue weighted by molar-refractivity contribution is -0.150. The minimum absolute atomic E-state index is 0.0251. The van der Waals surface area contributed by atoms with E-state index in [1.807, 2.05) is 19.1 Å². The molecule has 7 rings (SSSR count). The highest BCUT2D eigenvalue weighted by Crippen LogP contribution is 2.31. The second kappa shape index (κ2) is 17.8. The highest BCUT2D eigenvalue weighted by molar-refractivity contribution is 5.85. The number of phenolic OH excluding ortho intramolecular Hbond substituents is 1. The summed E-state index contributed by atoms with van der Waals surface area (Å²) in [4.78, 5) is 18.0. The SMILES string of the molecule is CCO/C(=C\CCOC(=O)C1CCN(Cc2ccc3cc(OC4CCCC(C)C4)ccc3c2)CC1)C1CCN(Cc2ccc3cc(O)ccc3c2)CC1. The summed E-state index contributed by atoms with van der Waals surface area (Å²) in [6, 6.07) is 25.3. The number of ether oxygens (including phenoxy) is 3. The largest absolute Gasteiger partial charge is 0.508 e. The summed E-state index contributed by atoms with van der Waals surface area (Å²) in [5.74, 6) is 3.41. The fourth-order valence-corrected chi connectivity index (χ4v) is 8.71. The van der Waals surface area contributed by atoms with Crippen LogP contribution in [0, 0.1) is 17.8 Å². The van der Waals surface area contributed by atoms with Crippen LogP contribution in [-0.2, 0) is 27.4 Å². The molecule has 2 aliphatic heterocycles. The molecule has 0 aromatic heterocycles. The van der Waals surface area contributed by atoms with Gasteiger partial charge in [0.05, 0.1) is 31.0 Å². The Morgan fingerprint density at radius 1 is 0.736 bits per heavy atom. The first kappa shape index (κ1) is 37.3. The molecule has 2 atom stereocenters. The predicted octanol–water partition coefficient (Wildman–Crippen LogP) is 9.63. The van der Waals surface area contributed by atoms with Crippen LogP contribution in [0.15, 0.2) is 84.6 Å². The number of nitrogens with zero attached hydrogens (tertiary/aromatic N) is 2. The zero-order valence-corrected chi connectivity index (χ0v) is 31.8. The second-order valence-electron chi connectivity index (χ2n) is 15.8. The van der Waals surface area contributed by atoms with E-state index in [0.29, 0.717) is 37.4 Å². The number of fused-ring (bicyclic) bond motifs is 2. The summed E-state index contributed by atoms with van der Waals surface area (Å²) in [6.45, 7) is 11.1. The molecule has 0 radical (unpaired) electrons. The molecule has 1 aliphatic carbocycles. The number of phenols is 1. The number of piperidine rings is 2. The Balaban J connectivity index is 0.815. The topological polar surface area (TPSA) is 71.5 Å². The number of benzene rings is 4. The van der Waals surface area contributed by atoms with Crippen LogP contribution in [0.25, 0.3) is 21.5 Å². The Morgan fingerprint density at radius 3 is 2.00 bits per heavy atom. The molecule has 4 aromatic carbocycles. The molecule has 2 heterocycles. The summed E-state index contributed by atoms with van der Waals surface area (Å²) in [7, 11) is 0. The maximum atomic E-state index is 13.0. The monoisotopic (exact) mass is 718 g/mol. The Labute approximate surface area is 315 Å². The van der Waals surface area contributed by atoms with Crippen molar-refractivity contribution in [2.45, 2.75) is 90.8 Å². The zero-order chi connectivity index (χ0) is 36.6. The van der Waals surface area contributed by atoms with Crippen molar-refractivity contribution in [3.63, 3.8) is 0 Å². The number of allylic oxidation sites excluding steroid dienone is 1. The van der Waals surface area contributed by atoms with Gasteiger partial charge in [0.1, 0.15) is 11.5 Å². The number of hydrogen-bond acceptors (Lipinski definition) is 7. The van der Waals surface area contributed by atoms with Crippen molar-refractivity contribution in [2.24, 2.45) is 17.8 Å². The number of carbonyl (C=O) groups excluding carboxylic acids is 1. The van der Waals surface area contributed by atoms with Crippen molar-refractivity contribution < 1.29 is 24.1 Å². The minimum Gasteiger partial charge on any atom is -0.508 e. The molecule has 0 amide bonds. The number of aromatic hydroxyl groups is 1. The van der Waals surface area contributed by atoms with Gasteiger partial charge in [-0.05, 0) is 159 Å². The van der Waals surface area contributed by atoms with E-state index in [2.05, 4.69) is 77.4 Å². The van der Waals surface area contributed by atoms with Gasteiger partial charge in [0.25, 0.3) is 0 Å². The van der Waals surface area contributed by atoms with E-state index in [4.69, 9.17) is 14.2 Å². The number of esters is 1. The van der Waals surface area contributed by atoms with Crippen LogP contribution in [0.1, 0.15) is 82.8 Å². The van der Waals surface area contributed by atoms with Crippen LogP contribution in [0.5, 0.6) is 11.5 Å². The molecule has 7 nitrogen and oxygen atoms in total. The quantitative estimate of drug-likeness (QED) is 0.0839. The molecule has 3 fully saturated rings. The smallest absolute Gasteiger partial charge is 0.309 e. The van der Waals surface area contributed by atoms with Gasteiger partial charge in [0.15, 0.2) is 0 Å². The highest BCUT2D eigenvalue weighted by Gasteiger charge is 2.27. The lowest BCUT2D eigenvalue weighted by Crippen LogP contribution is -2.36. The van der Waals surface area contributed by atoms with E-state index in [-0.39, 0.29) is 11.9 Å². The molecule has 3 aliphatic rings. The predicted molar refractivity (Wildman–Crippen MR) is 213 cm³/mol. The van der Waals surface area contributed by atoms with E-state index in [1.165, 1.54) is 34.7 Å². The molecular weight excluding hydrogens is 661 g/mol. The first-order valence-corrected chi connectivity index (χ1v) is 20.2. The third-order valence-electron chi connectivity index (χ3n) is 11.7. The van der Waals surface area contributed by atoms with Gasteiger partial charge in [-0.1, -0.05) is 49.7 Å². The Hall–Kier alpha value is -4.07. The van der Waals surface area contributed by atoms with Gasteiger partial charge in [-0.15, -0.1) is 0 Å².